The van der Waals surface area contributed by atoms with Gasteiger partial charge in [-0.2, -0.15) is 0 Å². The van der Waals surface area contributed by atoms with Crippen LogP contribution in [0.4, 0.5) is 5.69 Å². The summed E-state index contributed by atoms with van der Waals surface area (Å²) in [6.45, 7) is 3.92. The fourth-order valence-electron chi connectivity index (χ4n) is 1.95. The minimum Gasteiger partial charge on any atom is -0.348 e. The lowest BCUT2D eigenvalue weighted by Gasteiger charge is -2.16. The summed E-state index contributed by atoms with van der Waals surface area (Å²) in [5.41, 5.74) is 5.97. The van der Waals surface area contributed by atoms with Gasteiger partial charge in [0, 0.05) is 18.2 Å². The molecule has 0 bridgehead atoms. The number of nitrogens with zero attached hydrogens (tertiary/aromatic N) is 1. The molecular weight excluding hydrogens is 246 g/mol. The predicted molar refractivity (Wildman–Crippen MR) is 73.1 cm³/mol. The standard InChI is InChI=1S/C13H19N3O3/c1-3-5-10(8-14)15-13(17)11-7-4-6-9(2)12(11)16(18)19/h4,6-7,10H,3,5,8,14H2,1-2H3,(H,15,17). The molecule has 0 saturated carbocycles. The van der Waals surface area contributed by atoms with Gasteiger partial charge in [-0.3, -0.25) is 14.9 Å². The molecular formula is C13H19N3O3. The van der Waals surface area contributed by atoms with Gasteiger partial charge in [0.15, 0.2) is 0 Å². The number of carbonyl (C=O) groups excluding carboxylic acids is 1. The number of aryl methyl sites for hydroxylation is 1. The van der Waals surface area contributed by atoms with Crippen molar-refractivity contribution in [2.45, 2.75) is 32.7 Å². The Balaban J connectivity index is 3.00. The zero-order valence-corrected chi connectivity index (χ0v) is 11.2. The number of nitro benzene ring substituents is 1. The Morgan fingerprint density at radius 1 is 1.53 bits per heavy atom. The highest BCUT2D eigenvalue weighted by Gasteiger charge is 2.23. The maximum Gasteiger partial charge on any atom is 0.285 e. The molecule has 1 rings (SSSR count). The number of para-hydroxylation sites is 1. The third kappa shape index (κ3) is 3.75. The summed E-state index contributed by atoms with van der Waals surface area (Å²) in [6, 6.07) is 4.55. The van der Waals surface area contributed by atoms with Crippen LogP contribution in [0.1, 0.15) is 35.7 Å². The average Bonchev–Trinajstić information content (AvgIpc) is 2.37. The Morgan fingerprint density at radius 2 is 2.21 bits per heavy atom. The first-order chi connectivity index (χ1) is 9.01. The summed E-state index contributed by atoms with van der Waals surface area (Å²) in [4.78, 5) is 22.6. The Hall–Kier alpha value is -1.95. The second-order valence-electron chi connectivity index (χ2n) is 4.42. The van der Waals surface area contributed by atoms with Gasteiger partial charge in [-0.15, -0.1) is 0 Å². The van der Waals surface area contributed by atoms with Crippen LogP contribution in [0.5, 0.6) is 0 Å². The maximum absolute atomic E-state index is 12.1. The first kappa shape index (κ1) is 15.1. The normalized spacial score (nSPS) is 11.9. The van der Waals surface area contributed by atoms with Gasteiger partial charge in [0.05, 0.1) is 4.92 Å². The van der Waals surface area contributed by atoms with Crippen LogP contribution in [0.25, 0.3) is 0 Å². The molecule has 1 aromatic rings. The predicted octanol–water partition coefficient (Wildman–Crippen LogP) is 1.76. The van der Waals surface area contributed by atoms with E-state index >= 15 is 0 Å². The lowest BCUT2D eigenvalue weighted by Crippen LogP contribution is -2.40. The fraction of sp³-hybridized carbons (Fsp3) is 0.462. The van der Waals surface area contributed by atoms with Crippen molar-refractivity contribution in [1.29, 1.82) is 0 Å². The molecule has 1 atom stereocenters. The van der Waals surface area contributed by atoms with Crippen LogP contribution in [0.2, 0.25) is 0 Å². The SMILES string of the molecule is CCCC(CN)NC(=O)c1cccc(C)c1[N+](=O)[O-]. The number of hydrogen-bond acceptors (Lipinski definition) is 4. The summed E-state index contributed by atoms with van der Waals surface area (Å²) in [5, 5.41) is 13.8. The Morgan fingerprint density at radius 3 is 2.74 bits per heavy atom. The third-order valence-electron chi connectivity index (χ3n) is 2.92. The highest BCUT2D eigenvalue weighted by atomic mass is 16.6. The molecule has 1 amide bonds. The maximum atomic E-state index is 12.1. The van der Waals surface area contributed by atoms with Crippen molar-refractivity contribution < 1.29 is 9.72 Å². The molecule has 6 heteroatoms. The zero-order chi connectivity index (χ0) is 14.4. The summed E-state index contributed by atoms with van der Waals surface area (Å²) in [7, 11) is 0. The number of benzene rings is 1. The van der Waals surface area contributed by atoms with Gasteiger partial charge in [0.2, 0.25) is 0 Å². The van der Waals surface area contributed by atoms with E-state index in [1.165, 1.54) is 6.07 Å². The molecule has 1 aromatic carbocycles. The molecule has 3 N–H and O–H groups in total. The van der Waals surface area contributed by atoms with Gasteiger partial charge < -0.3 is 11.1 Å². The highest BCUT2D eigenvalue weighted by Crippen LogP contribution is 2.23. The molecule has 0 spiro atoms. The van der Waals surface area contributed by atoms with Crippen molar-refractivity contribution in [3.8, 4) is 0 Å². The smallest absolute Gasteiger partial charge is 0.285 e. The molecule has 6 nitrogen and oxygen atoms in total. The summed E-state index contributed by atoms with van der Waals surface area (Å²) < 4.78 is 0. The number of nitrogens with one attached hydrogen (secondary N) is 1. The van der Waals surface area contributed by atoms with Crippen molar-refractivity contribution in [1.82, 2.24) is 5.32 Å². The lowest BCUT2D eigenvalue weighted by molar-refractivity contribution is -0.385. The highest BCUT2D eigenvalue weighted by molar-refractivity contribution is 5.98. The number of rotatable bonds is 6. The van der Waals surface area contributed by atoms with E-state index in [0.717, 1.165) is 12.8 Å². The Labute approximate surface area is 112 Å². The average molecular weight is 265 g/mol. The second kappa shape index (κ2) is 6.84. The topological polar surface area (TPSA) is 98.3 Å². The number of hydrogen-bond donors (Lipinski definition) is 2. The van der Waals surface area contributed by atoms with E-state index < -0.39 is 10.8 Å². The molecule has 1 unspecified atom stereocenters. The van der Waals surface area contributed by atoms with Crippen molar-refractivity contribution in [3.63, 3.8) is 0 Å². The van der Waals surface area contributed by atoms with Crippen molar-refractivity contribution in [3.05, 3.63) is 39.4 Å². The van der Waals surface area contributed by atoms with Crippen LogP contribution < -0.4 is 11.1 Å². The molecule has 0 aromatic heterocycles. The number of nitrogens with two attached hydrogens (primary N) is 1. The number of nitro groups is 1. The van der Waals surface area contributed by atoms with E-state index in [4.69, 9.17) is 5.73 Å². The molecule has 0 fully saturated rings. The van der Waals surface area contributed by atoms with E-state index in [1.54, 1.807) is 19.1 Å². The van der Waals surface area contributed by atoms with Gasteiger partial charge in [0.25, 0.3) is 11.6 Å². The van der Waals surface area contributed by atoms with Crippen LogP contribution in [-0.4, -0.2) is 23.4 Å². The van der Waals surface area contributed by atoms with Gasteiger partial charge in [-0.25, -0.2) is 0 Å². The van der Waals surface area contributed by atoms with Crippen molar-refractivity contribution in [2.75, 3.05) is 6.54 Å². The van der Waals surface area contributed by atoms with Crippen molar-refractivity contribution >= 4 is 11.6 Å². The fourth-order valence-corrected chi connectivity index (χ4v) is 1.95. The molecule has 0 radical (unpaired) electrons. The monoisotopic (exact) mass is 265 g/mol. The van der Waals surface area contributed by atoms with Gasteiger partial charge in [-0.05, 0) is 19.4 Å². The molecule has 0 heterocycles. The first-order valence-electron chi connectivity index (χ1n) is 6.26. The third-order valence-corrected chi connectivity index (χ3v) is 2.92. The first-order valence-corrected chi connectivity index (χ1v) is 6.26. The molecule has 19 heavy (non-hydrogen) atoms. The summed E-state index contributed by atoms with van der Waals surface area (Å²) in [6.07, 6.45) is 1.64. The van der Waals surface area contributed by atoms with E-state index in [2.05, 4.69) is 5.32 Å². The number of carbonyl (C=O) groups is 1. The van der Waals surface area contributed by atoms with E-state index in [-0.39, 0.29) is 17.3 Å². The van der Waals surface area contributed by atoms with Gasteiger partial charge >= 0.3 is 0 Å². The Bertz CT molecular complexity index is 474. The van der Waals surface area contributed by atoms with Crippen LogP contribution in [0.15, 0.2) is 18.2 Å². The minimum absolute atomic E-state index is 0.0829. The minimum atomic E-state index is -0.526. The quantitative estimate of drug-likeness (QED) is 0.604. The molecule has 0 aliphatic heterocycles. The van der Waals surface area contributed by atoms with Gasteiger partial charge in [-0.1, -0.05) is 25.5 Å². The van der Waals surface area contributed by atoms with Crippen LogP contribution in [0.3, 0.4) is 0 Å². The molecule has 0 aliphatic carbocycles. The zero-order valence-electron chi connectivity index (χ0n) is 11.2. The molecule has 104 valence electrons. The van der Waals surface area contributed by atoms with Crippen LogP contribution >= 0.6 is 0 Å². The van der Waals surface area contributed by atoms with E-state index in [1.807, 2.05) is 6.92 Å². The van der Waals surface area contributed by atoms with Crippen molar-refractivity contribution in [2.24, 2.45) is 5.73 Å². The molecule has 0 aliphatic rings. The summed E-state index contributed by atoms with van der Waals surface area (Å²) >= 11 is 0. The van der Waals surface area contributed by atoms with Gasteiger partial charge in [0.1, 0.15) is 5.56 Å². The Kier molecular flexibility index (Phi) is 5.44. The number of amides is 1. The van der Waals surface area contributed by atoms with E-state index in [0.29, 0.717) is 12.1 Å². The second-order valence-corrected chi connectivity index (χ2v) is 4.42. The molecule has 0 saturated heterocycles. The van der Waals surface area contributed by atoms with Crippen LogP contribution in [-0.2, 0) is 0 Å². The summed E-state index contributed by atoms with van der Waals surface area (Å²) in [5.74, 6) is -0.445. The lowest BCUT2D eigenvalue weighted by atomic mass is 10.1. The van der Waals surface area contributed by atoms with Crippen LogP contribution in [0, 0.1) is 17.0 Å². The van der Waals surface area contributed by atoms with E-state index in [9.17, 15) is 14.9 Å². The largest absolute Gasteiger partial charge is 0.348 e.